The molecule has 0 bridgehead atoms. The Balaban J connectivity index is 3.01. The van der Waals surface area contributed by atoms with Crippen molar-refractivity contribution in [3.63, 3.8) is 0 Å². The number of nitrogens with zero attached hydrogens (tertiary/aromatic N) is 1. The Bertz CT molecular complexity index is 473. The molecule has 0 aliphatic carbocycles. The van der Waals surface area contributed by atoms with E-state index in [0.717, 1.165) is 12.1 Å². The summed E-state index contributed by atoms with van der Waals surface area (Å²) in [4.78, 5) is 31.7. The van der Waals surface area contributed by atoms with Crippen LogP contribution in [0.5, 0.6) is 0 Å². The van der Waals surface area contributed by atoms with Crippen molar-refractivity contribution < 1.29 is 14.5 Å². The van der Waals surface area contributed by atoms with Gasteiger partial charge < -0.3 is 0 Å². The molecule has 7 heteroatoms. The van der Waals surface area contributed by atoms with E-state index in [1.165, 1.54) is 13.0 Å². The van der Waals surface area contributed by atoms with Gasteiger partial charge in [-0.25, -0.2) is 0 Å². The van der Waals surface area contributed by atoms with Gasteiger partial charge in [-0.3, -0.25) is 25.0 Å². The SMILES string of the molecule is CC(=O)NC(=O)c1ccc([N+](=O)[O-])c(Cl)c1. The van der Waals surface area contributed by atoms with Crippen molar-refractivity contribution in [3.05, 3.63) is 38.9 Å². The molecule has 0 saturated heterocycles. The van der Waals surface area contributed by atoms with Crippen molar-refractivity contribution in [1.82, 2.24) is 5.32 Å². The molecule has 0 aliphatic rings. The molecule has 0 aromatic heterocycles. The molecule has 1 aromatic rings. The molecule has 84 valence electrons. The summed E-state index contributed by atoms with van der Waals surface area (Å²) < 4.78 is 0. The van der Waals surface area contributed by atoms with E-state index in [1.54, 1.807) is 0 Å². The highest BCUT2D eigenvalue weighted by molar-refractivity contribution is 6.33. The number of imide groups is 1. The lowest BCUT2D eigenvalue weighted by molar-refractivity contribution is -0.384. The van der Waals surface area contributed by atoms with Crippen LogP contribution in [0.1, 0.15) is 17.3 Å². The average molecular weight is 243 g/mol. The van der Waals surface area contributed by atoms with Gasteiger partial charge in [0.1, 0.15) is 5.02 Å². The third-order valence-electron chi connectivity index (χ3n) is 1.70. The predicted molar refractivity (Wildman–Crippen MR) is 56.3 cm³/mol. The summed E-state index contributed by atoms with van der Waals surface area (Å²) in [7, 11) is 0. The van der Waals surface area contributed by atoms with E-state index in [1.807, 2.05) is 5.32 Å². The number of rotatable bonds is 2. The minimum absolute atomic E-state index is 0.0887. The van der Waals surface area contributed by atoms with Gasteiger partial charge in [0, 0.05) is 18.6 Å². The number of carbonyl (C=O) groups is 2. The highest BCUT2D eigenvalue weighted by atomic mass is 35.5. The minimum atomic E-state index is -0.658. The Kier molecular flexibility index (Phi) is 3.57. The topological polar surface area (TPSA) is 89.3 Å². The molecule has 0 saturated carbocycles. The second-order valence-electron chi connectivity index (χ2n) is 2.93. The Morgan fingerprint density at radius 1 is 1.44 bits per heavy atom. The summed E-state index contributed by atoms with van der Waals surface area (Å²) in [6.07, 6.45) is 0. The highest BCUT2D eigenvalue weighted by Gasteiger charge is 2.15. The molecule has 1 rings (SSSR count). The Morgan fingerprint density at radius 3 is 2.50 bits per heavy atom. The zero-order valence-corrected chi connectivity index (χ0v) is 8.95. The summed E-state index contributed by atoms with van der Waals surface area (Å²) >= 11 is 5.60. The molecule has 0 fully saturated rings. The summed E-state index contributed by atoms with van der Waals surface area (Å²) in [5.74, 6) is -1.16. The molecule has 2 amide bonds. The van der Waals surface area contributed by atoms with Gasteiger partial charge in [0.05, 0.1) is 4.92 Å². The summed E-state index contributed by atoms with van der Waals surface area (Å²) in [5, 5.41) is 12.3. The Morgan fingerprint density at radius 2 is 2.06 bits per heavy atom. The summed E-state index contributed by atoms with van der Waals surface area (Å²) in [6, 6.07) is 3.47. The molecule has 0 radical (unpaired) electrons. The van der Waals surface area contributed by atoms with Crippen LogP contribution in [0.25, 0.3) is 0 Å². The number of carbonyl (C=O) groups excluding carboxylic acids is 2. The Hall–Kier alpha value is -1.95. The molecule has 1 N–H and O–H groups in total. The molecule has 6 nitrogen and oxygen atoms in total. The number of benzene rings is 1. The highest BCUT2D eigenvalue weighted by Crippen LogP contribution is 2.24. The van der Waals surface area contributed by atoms with Crippen molar-refractivity contribution in [2.24, 2.45) is 0 Å². The zero-order chi connectivity index (χ0) is 12.3. The second-order valence-corrected chi connectivity index (χ2v) is 3.34. The Labute approximate surface area is 95.4 Å². The number of nitro groups is 1. The lowest BCUT2D eigenvalue weighted by atomic mass is 10.2. The van der Waals surface area contributed by atoms with Crippen LogP contribution in [-0.4, -0.2) is 16.7 Å². The fourth-order valence-corrected chi connectivity index (χ4v) is 1.28. The van der Waals surface area contributed by atoms with Crippen LogP contribution in [-0.2, 0) is 4.79 Å². The number of nitrogens with one attached hydrogen (secondary N) is 1. The van der Waals surface area contributed by atoms with Gasteiger partial charge in [-0.15, -0.1) is 0 Å². The van der Waals surface area contributed by atoms with E-state index in [9.17, 15) is 19.7 Å². The lowest BCUT2D eigenvalue weighted by Gasteiger charge is -2.01. The van der Waals surface area contributed by atoms with Gasteiger partial charge in [0.2, 0.25) is 5.91 Å². The summed E-state index contributed by atoms with van der Waals surface area (Å²) in [6.45, 7) is 1.19. The largest absolute Gasteiger partial charge is 0.293 e. The van der Waals surface area contributed by atoms with E-state index in [4.69, 9.17) is 11.6 Å². The van der Waals surface area contributed by atoms with Crippen LogP contribution in [0.4, 0.5) is 5.69 Å². The zero-order valence-electron chi connectivity index (χ0n) is 8.19. The minimum Gasteiger partial charge on any atom is -0.293 e. The predicted octanol–water partition coefficient (Wildman–Crippen LogP) is 1.52. The van der Waals surface area contributed by atoms with Gasteiger partial charge in [-0.05, 0) is 12.1 Å². The van der Waals surface area contributed by atoms with Gasteiger partial charge in [0.25, 0.3) is 11.6 Å². The van der Waals surface area contributed by atoms with Crippen LogP contribution in [0, 0.1) is 10.1 Å². The molecule has 0 unspecified atom stereocenters. The maximum Gasteiger partial charge on any atom is 0.287 e. The van der Waals surface area contributed by atoms with Crippen molar-refractivity contribution in [3.8, 4) is 0 Å². The van der Waals surface area contributed by atoms with Crippen LogP contribution < -0.4 is 5.32 Å². The van der Waals surface area contributed by atoms with Crippen LogP contribution in [0.15, 0.2) is 18.2 Å². The van der Waals surface area contributed by atoms with Crippen molar-refractivity contribution in [2.45, 2.75) is 6.92 Å². The van der Waals surface area contributed by atoms with Gasteiger partial charge in [-0.1, -0.05) is 11.6 Å². The van der Waals surface area contributed by atoms with Crippen LogP contribution >= 0.6 is 11.6 Å². The van der Waals surface area contributed by atoms with Gasteiger partial charge >= 0.3 is 0 Å². The van der Waals surface area contributed by atoms with Crippen LogP contribution in [0.3, 0.4) is 0 Å². The molecule has 16 heavy (non-hydrogen) atoms. The number of hydrogen-bond acceptors (Lipinski definition) is 4. The first-order chi connectivity index (χ1) is 7.41. The van der Waals surface area contributed by atoms with E-state index in [2.05, 4.69) is 0 Å². The fourth-order valence-electron chi connectivity index (χ4n) is 1.03. The van der Waals surface area contributed by atoms with E-state index >= 15 is 0 Å². The van der Waals surface area contributed by atoms with Crippen molar-refractivity contribution >= 4 is 29.1 Å². The van der Waals surface area contributed by atoms with Crippen LogP contribution in [0.2, 0.25) is 5.02 Å². The quantitative estimate of drug-likeness (QED) is 0.629. The first-order valence-corrected chi connectivity index (χ1v) is 4.55. The molecular weight excluding hydrogens is 236 g/mol. The number of halogens is 1. The third-order valence-corrected chi connectivity index (χ3v) is 2.00. The maximum atomic E-state index is 11.3. The summed E-state index contributed by atoms with van der Waals surface area (Å²) in [5.41, 5.74) is -0.202. The first kappa shape index (κ1) is 12.1. The molecule has 0 atom stereocenters. The number of hydrogen-bond donors (Lipinski definition) is 1. The maximum absolute atomic E-state index is 11.3. The van der Waals surface area contributed by atoms with Gasteiger partial charge in [0.15, 0.2) is 0 Å². The van der Waals surface area contributed by atoms with Crippen molar-refractivity contribution in [2.75, 3.05) is 0 Å². The number of amides is 2. The van der Waals surface area contributed by atoms with E-state index in [0.29, 0.717) is 0 Å². The molecule has 0 spiro atoms. The molecule has 0 heterocycles. The monoisotopic (exact) mass is 242 g/mol. The van der Waals surface area contributed by atoms with Crippen molar-refractivity contribution in [1.29, 1.82) is 0 Å². The molecule has 0 aliphatic heterocycles. The standard InChI is InChI=1S/C9H7ClN2O4/c1-5(13)11-9(14)6-2-3-8(12(15)16)7(10)4-6/h2-4H,1H3,(H,11,13,14). The van der Waals surface area contributed by atoms with Gasteiger partial charge in [-0.2, -0.15) is 0 Å². The van der Waals surface area contributed by atoms with E-state index < -0.39 is 16.7 Å². The number of nitro benzene ring substituents is 1. The molecular formula is C9H7ClN2O4. The first-order valence-electron chi connectivity index (χ1n) is 4.17. The lowest BCUT2D eigenvalue weighted by Crippen LogP contribution is -2.27. The normalized spacial score (nSPS) is 9.62. The molecule has 1 aromatic carbocycles. The smallest absolute Gasteiger partial charge is 0.287 e. The third kappa shape index (κ3) is 2.77. The second kappa shape index (κ2) is 4.71. The van der Waals surface area contributed by atoms with E-state index in [-0.39, 0.29) is 16.3 Å². The average Bonchev–Trinajstić information content (AvgIpc) is 2.15. The fraction of sp³-hybridized carbons (Fsp3) is 0.111.